The van der Waals surface area contributed by atoms with Crippen LogP contribution in [-0.2, 0) is 4.79 Å². The van der Waals surface area contributed by atoms with E-state index >= 15 is 0 Å². The summed E-state index contributed by atoms with van der Waals surface area (Å²) in [5.41, 5.74) is 7.85. The maximum absolute atomic E-state index is 10.7. The predicted molar refractivity (Wildman–Crippen MR) is 63.0 cm³/mol. The zero-order valence-corrected chi connectivity index (χ0v) is 9.58. The molecule has 0 radical (unpaired) electrons. The highest BCUT2D eigenvalue weighted by atomic mass is 16.4. The number of carboxylic acid groups (broad SMARTS) is 1. The van der Waals surface area contributed by atoms with Crippen molar-refractivity contribution in [1.29, 1.82) is 0 Å². The fourth-order valence-corrected chi connectivity index (χ4v) is 1.72. The molecule has 0 aliphatic carbocycles. The molecule has 17 heavy (non-hydrogen) atoms. The van der Waals surface area contributed by atoms with Crippen molar-refractivity contribution >= 4 is 23.3 Å². The molecule has 0 saturated carbocycles. The van der Waals surface area contributed by atoms with E-state index in [9.17, 15) is 4.79 Å². The lowest BCUT2D eigenvalue weighted by Gasteiger charge is -2.18. The Hall–Kier alpha value is -2.31. The molecule has 7 nitrogen and oxygen atoms in total. The van der Waals surface area contributed by atoms with Crippen LogP contribution in [0.5, 0.6) is 0 Å². The van der Waals surface area contributed by atoms with E-state index in [1.54, 1.807) is 18.1 Å². The topological polar surface area (TPSA) is 96.8 Å². The standard InChI is InChI=1S/C10H13N5O2/c1-6-3-8-12-10(11)13-15(8)4-7(6)14(2)5-9(16)17/h3-4H,5H2,1-2H3,(H2,11,13)(H,16,17). The Morgan fingerprint density at radius 3 is 3.00 bits per heavy atom. The number of aliphatic carboxylic acids is 1. The molecule has 0 aromatic carbocycles. The van der Waals surface area contributed by atoms with Crippen LogP contribution in [0.3, 0.4) is 0 Å². The van der Waals surface area contributed by atoms with Crippen molar-refractivity contribution < 1.29 is 9.90 Å². The normalized spacial score (nSPS) is 10.7. The summed E-state index contributed by atoms with van der Waals surface area (Å²) in [4.78, 5) is 16.3. The lowest BCUT2D eigenvalue weighted by Crippen LogP contribution is -2.26. The third-order valence-electron chi connectivity index (χ3n) is 2.45. The van der Waals surface area contributed by atoms with Crippen LogP contribution in [0.2, 0.25) is 0 Å². The molecule has 0 amide bonds. The average molecular weight is 235 g/mol. The van der Waals surface area contributed by atoms with E-state index in [2.05, 4.69) is 10.1 Å². The Kier molecular flexibility index (Phi) is 2.58. The number of likely N-dealkylation sites (N-methyl/N-ethyl adjacent to an activating group) is 1. The summed E-state index contributed by atoms with van der Waals surface area (Å²) in [5, 5.41) is 12.7. The first-order valence-corrected chi connectivity index (χ1v) is 5.03. The van der Waals surface area contributed by atoms with Crippen LogP contribution in [0.15, 0.2) is 12.3 Å². The van der Waals surface area contributed by atoms with Gasteiger partial charge in [-0.3, -0.25) is 4.79 Å². The van der Waals surface area contributed by atoms with Gasteiger partial charge in [-0.2, -0.15) is 4.98 Å². The molecule has 0 spiro atoms. The highest BCUT2D eigenvalue weighted by Gasteiger charge is 2.11. The number of aromatic nitrogens is 3. The Morgan fingerprint density at radius 2 is 2.35 bits per heavy atom. The minimum Gasteiger partial charge on any atom is -0.480 e. The van der Waals surface area contributed by atoms with Crippen molar-refractivity contribution in [2.24, 2.45) is 0 Å². The second kappa shape index (κ2) is 3.93. The number of fused-ring (bicyclic) bond motifs is 1. The number of nitrogens with zero attached hydrogens (tertiary/aromatic N) is 4. The van der Waals surface area contributed by atoms with Gasteiger partial charge in [-0.05, 0) is 18.6 Å². The zero-order valence-electron chi connectivity index (χ0n) is 9.58. The summed E-state index contributed by atoms with van der Waals surface area (Å²) < 4.78 is 1.54. The first-order chi connectivity index (χ1) is 7.97. The van der Waals surface area contributed by atoms with Crippen molar-refractivity contribution in [2.75, 3.05) is 24.2 Å². The molecular formula is C10H13N5O2. The smallest absolute Gasteiger partial charge is 0.323 e. The summed E-state index contributed by atoms with van der Waals surface area (Å²) in [6, 6.07) is 1.82. The van der Waals surface area contributed by atoms with Crippen LogP contribution < -0.4 is 10.6 Å². The number of rotatable bonds is 3. The van der Waals surface area contributed by atoms with Gasteiger partial charge in [-0.25, -0.2) is 4.52 Å². The summed E-state index contributed by atoms with van der Waals surface area (Å²) in [6.45, 7) is 1.81. The van der Waals surface area contributed by atoms with E-state index < -0.39 is 5.97 Å². The van der Waals surface area contributed by atoms with Crippen LogP contribution in [0.1, 0.15) is 5.56 Å². The quantitative estimate of drug-likeness (QED) is 0.785. The van der Waals surface area contributed by atoms with Crippen LogP contribution in [0, 0.1) is 6.92 Å². The number of hydrogen-bond donors (Lipinski definition) is 2. The van der Waals surface area contributed by atoms with Crippen LogP contribution in [0.4, 0.5) is 11.6 Å². The van der Waals surface area contributed by atoms with Crippen molar-refractivity contribution in [3.8, 4) is 0 Å². The van der Waals surface area contributed by atoms with Crippen LogP contribution >= 0.6 is 0 Å². The Balaban J connectivity index is 2.46. The molecule has 3 N–H and O–H groups in total. The zero-order chi connectivity index (χ0) is 12.6. The Bertz CT molecular complexity index is 577. The molecule has 0 aliphatic rings. The van der Waals surface area contributed by atoms with E-state index in [-0.39, 0.29) is 12.5 Å². The maximum atomic E-state index is 10.7. The molecular weight excluding hydrogens is 222 g/mol. The first kappa shape index (κ1) is 11.2. The highest BCUT2D eigenvalue weighted by molar-refractivity contribution is 5.74. The molecule has 0 aliphatic heterocycles. The first-order valence-electron chi connectivity index (χ1n) is 5.03. The van der Waals surface area contributed by atoms with E-state index in [0.717, 1.165) is 11.3 Å². The van der Waals surface area contributed by atoms with Gasteiger partial charge in [0.05, 0.1) is 11.9 Å². The van der Waals surface area contributed by atoms with Gasteiger partial charge in [0.1, 0.15) is 6.54 Å². The summed E-state index contributed by atoms with van der Waals surface area (Å²) >= 11 is 0. The molecule has 0 unspecified atom stereocenters. The van der Waals surface area contributed by atoms with E-state index in [4.69, 9.17) is 10.8 Å². The minimum absolute atomic E-state index is 0.0729. The fourth-order valence-electron chi connectivity index (χ4n) is 1.72. The average Bonchev–Trinajstić information content (AvgIpc) is 2.54. The van der Waals surface area contributed by atoms with Crippen molar-refractivity contribution in [1.82, 2.24) is 14.6 Å². The molecule has 0 bridgehead atoms. The minimum atomic E-state index is -0.884. The van der Waals surface area contributed by atoms with Crippen molar-refractivity contribution in [2.45, 2.75) is 6.92 Å². The van der Waals surface area contributed by atoms with Gasteiger partial charge < -0.3 is 15.7 Å². The van der Waals surface area contributed by atoms with Gasteiger partial charge in [0, 0.05) is 7.05 Å². The van der Waals surface area contributed by atoms with Gasteiger partial charge in [0.25, 0.3) is 0 Å². The third kappa shape index (κ3) is 2.12. The number of anilines is 2. The molecule has 0 saturated heterocycles. The summed E-state index contributed by atoms with van der Waals surface area (Å²) in [5.74, 6) is -0.687. The Labute approximate surface area is 97.5 Å². The van der Waals surface area contributed by atoms with Gasteiger partial charge in [-0.15, -0.1) is 5.10 Å². The van der Waals surface area contributed by atoms with Crippen LogP contribution in [0.25, 0.3) is 5.65 Å². The monoisotopic (exact) mass is 235 g/mol. The fraction of sp³-hybridized carbons (Fsp3) is 0.300. The largest absolute Gasteiger partial charge is 0.480 e. The molecule has 0 atom stereocenters. The van der Waals surface area contributed by atoms with E-state index in [1.165, 1.54) is 4.52 Å². The number of carbonyl (C=O) groups is 1. The van der Waals surface area contributed by atoms with Gasteiger partial charge in [0.15, 0.2) is 5.65 Å². The lowest BCUT2D eigenvalue weighted by molar-refractivity contribution is -0.135. The molecule has 2 rings (SSSR count). The number of pyridine rings is 1. The molecule has 0 fully saturated rings. The van der Waals surface area contributed by atoms with Crippen LogP contribution in [-0.4, -0.2) is 39.3 Å². The Morgan fingerprint density at radius 1 is 1.65 bits per heavy atom. The number of aryl methyl sites for hydroxylation is 1. The van der Waals surface area contributed by atoms with Crippen molar-refractivity contribution in [3.05, 3.63) is 17.8 Å². The van der Waals surface area contributed by atoms with Gasteiger partial charge in [0.2, 0.25) is 5.95 Å². The van der Waals surface area contributed by atoms with Gasteiger partial charge >= 0.3 is 5.97 Å². The summed E-state index contributed by atoms with van der Waals surface area (Å²) in [7, 11) is 1.71. The second-order valence-electron chi connectivity index (χ2n) is 3.86. The lowest BCUT2D eigenvalue weighted by atomic mass is 10.2. The molecule has 90 valence electrons. The number of nitrogens with two attached hydrogens (primary N) is 1. The molecule has 2 heterocycles. The van der Waals surface area contributed by atoms with E-state index in [0.29, 0.717) is 5.65 Å². The van der Waals surface area contributed by atoms with E-state index in [1.807, 2.05) is 13.0 Å². The SMILES string of the molecule is Cc1cc2nc(N)nn2cc1N(C)CC(=O)O. The van der Waals surface area contributed by atoms with Gasteiger partial charge in [-0.1, -0.05) is 0 Å². The number of nitrogen functional groups attached to an aromatic ring is 1. The number of hydrogen-bond acceptors (Lipinski definition) is 5. The maximum Gasteiger partial charge on any atom is 0.323 e. The molecule has 2 aromatic rings. The highest BCUT2D eigenvalue weighted by Crippen LogP contribution is 2.20. The third-order valence-corrected chi connectivity index (χ3v) is 2.45. The predicted octanol–water partition coefficient (Wildman–Crippen LogP) is 0.141. The second-order valence-corrected chi connectivity index (χ2v) is 3.86. The molecule has 2 aromatic heterocycles. The summed E-state index contributed by atoms with van der Waals surface area (Å²) in [6.07, 6.45) is 1.72. The molecule has 7 heteroatoms. The van der Waals surface area contributed by atoms with Crippen molar-refractivity contribution in [3.63, 3.8) is 0 Å². The number of carboxylic acids is 1.